The second-order valence-corrected chi connectivity index (χ2v) is 13.3. The quantitative estimate of drug-likeness (QED) is 0.197. The van der Waals surface area contributed by atoms with Gasteiger partial charge in [0.2, 0.25) is 5.91 Å². The summed E-state index contributed by atoms with van der Waals surface area (Å²) >= 11 is 6.50. The zero-order valence-corrected chi connectivity index (χ0v) is 28.1. The molecule has 0 saturated heterocycles. The summed E-state index contributed by atoms with van der Waals surface area (Å²) in [4.78, 5) is 43.2. The molecule has 2 rings (SSSR count). The molecule has 0 spiro atoms. The molecule has 2 unspecified atom stereocenters. The summed E-state index contributed by atoms with van der Waals surface area (Å²) in [5, 5.41) is 6.27. The molecular weight excluding hydrogens is 562 g/mol. The highest BCUT2D eigenvalue weighted by Gasteiger charge is 2.36. The molecular formula is C35H52ClN3O4. The molecule has 2 N–H and O–H groups in total. The molecule has 0 saturated carbocycles. The van der Waals surface area contributed by atoms with Gasteiger partial charge in [0.15, 0.2) is 0 Å². The van der Waals surface area contributed by atoms with Gasteiger partial charge in [-0.1, -0.05) is 106 Å². The lowest BCUT2D eigenvalue weighted by Crippen LogP contribution is -2.53. The van der Waals surface area contributed by atoms with E-state index in [0.29, 0.717) is 29.2 Å². The molecule has 0 bridgehead atoms. The highest BCUT2D eigenvalue weighted by Crippen LogP contribution is 2.30. The average molecular weight is 614 g/mol. The molecule has 0 aliphatic rings. The van der Waals surface area contributed by atoms with Crippen LogP contribution in [0.1, 0.15) is 109 Å². The van der Waals surface area contributed by atoms with Gasteiger partial charge >= 0.3 is 6.09 Å². The molecule has 0 fully saturated rings. The monoisotopic (exact) mass is 613 g/mol. The Labute approximate surface area is 264 Å². The van der Waals surface area contributed by atoms with Crippen LogP contribution in [-0.4, -0.2) is 41.0 Å². The Balaban J connectivity index is 2.55. The van der Waals surface area contributed by atoms with Gasteiger partial charge in [0.25, 0.3) is 5.91 Å². The van der Waals surface area contributed by atoms with Crippen LogP contribution in [0.2, 0.25) is 5.02 Å². The summed E-state index contributed by atoms with van der Waals surface area (Å²) in [5.41, 5.74) is 2.29. The SMILES string of the molecule is CCCCCCCCN(C(=O)C(CC(C)C)NC(=O)OC(C)(C)C)C(C(=O)Nc1c(C)cccc1Cl)c1cccc(C)c1. The summed E-state index contributed by atoms with van der Waals surface area (Å²) in [6.07, 6.45) is 5.92. The van der Waals surface area contributed by atoms with Crippen molar-refractivity contribution in [1.29, 1.82) is 0 Å². The fourth-order valence-corrected chi connectivity index (χ4v) is 5.34. The van der Waals surface area contributed by atoms with Crippen molar-refractivity contribution in [2.24, 2.45) is 5.92 Å². The Hall–Kier alpha value is -3.06. The van der Waals surface area contributed by atoms with Crippen molar-refractivity contribution < 1.29 is 19.1 Å². The Bertz CT molecular complexity index is 1190. The molecule has 7 nitrogen and oxygen atoms in total. The van der Waals surface area contributed by atoms with Crippen LogP contribution in [0.5, 0.6) is 0 Å². The number of alkyl carbamates (subject to hydrolysis) is 1. The van der Waals surface area contributed by atoms with Gasteiger partial charge in [-0.25, -0.2) is 4.79 Å². The zero-order valence-electron chi connectivity index (χ0n) is 27.4. The predicted molar refractivity (Wildman–Crippen MR) is 176 cm³/mol. The minimum atomic E-state index is -0.936. The van der Waals surface area contributed by atoms with E-state index >= 15 is 0 Å². The van der Waals surface area contributed by atoms with E-state index < -0.39 is 23.8 Å². The third-order valence-electron chi connectivity index (χ3n) is 7.12. The van der Waals surface area contributed by atoms with Gasteiger partial charge in [-0.05, 0) is 70.6 Å². The third-order valence-corrected chi connectivity index (χ3v) is 7.43. The Morgan fingerprint density at radius 3 is 2.21 bits per heavy atom. The van der Waals surface area contributed by atoms with Gasteiger partial charge in [0.1, 0.15) is 17.7 Å². The summed E-state index contributed by atoms with van der Waals surface area (Å²) in [5.74, 6) is -0.566. The van der Waals surface area contributed by atoms with E-state index in [0.717, 1.165) is 43.2 Å². The van der Waals surface area contributed by atoms with E-state index in [1.165, 1.54) is 6.42 Å². The maximum Gasteiger partial charge on any atom is 0.408 e. The Kier molecular flexibility index (Phi) is 14.5. The first-order chi connectivity index (χ1) is 20.2. The maximum absolute atomic E-state index is 14.5. The number of hydrogen-bond acceptors (Lipinski definition) is 4. The molecule has 2 atom stereocenters. The molecule has 2 aromatic carbocycles. The zero-order chi connectivity index (χ0) is 32.2. The number of para-hydroxylation sites is 1. The first-order valence-electron chi connectivity index (χ1n) is 15.7. The topological polar surface area (TPSA) is 87.7 Å². The van der Waals surface area contributed by atoms with Crippen molar-refractivity contribution in [3.05, 3.63) is 64.2 Å². The van der Waals surface area contributed by atoms with Crippen molar-refractivity contribution in [3.8, 4) is 0 Å². The van der Waals surface area contributed by atoms with Gasteiger partial charge < -0.3 is 20.3 Å². The minimum Gasteiger partial charge on any atom is -0.444 e. The van der Waals surface area contributed by atoms with Crippen molar-refractivity contribution >= 4 is 35.2 Å². The predicted octanol–water partition coefficient (Wildman–Crippen LogP) is 8.77. The second-order valence-electron chi connectivity index (χ2n) is 12.9. The number of aryl methyl sites for hydroxylation is 2. The van der Waals surface area contributed by atoms with Crippen molar-refractivity contribution in [3.63, 3.8) is 0 Å². The van der Waals surface area contributed by atoms with Crippen LogP contribution in [0, 0.1) is 19.8 Å². The smallest absolute Gasteiger partial charge is 0.408 e. The number of ether oxygens (including phenoxy) is 1. The van der Waals surface area contributed by atoms with E-state index in [2.05, 4.69) is 17.6 Å². The molecule has 43 heavy (non-hydrogen) atoms. The number of amides is 3. The molecule has 8 heteroatoms. The van der Waals surface area contributed by atoms with E-state index in [9.17, 15) is 14.4 Å². The van der Waals surface area contributed by atoms with E-state index in [4.69, 9.17) is 16.3 Å². The highest BCUT2D eigenvalue weighted by atomic mass is 35.5. The van der Waals surface area contributed by atoms with Crippen molar-refractivity contribution in [2.75, 3.05) is 11.9 Å². The lowest BCUT2D eigenvalue weighted by Gasteiger charge is -2.35. The van der Waals surface area contributed by atoms with Crippen LogP contribution in [0.4, 0.5) is 10.5 Å². The first kappa shape index (κ1) is 36.1. The van der Waals surface area contributed by atoms with Crippen molar-refractivity contribution in [1.82, 2.24) is 10.2 Å². The fourth-order valence-electron chi connectivity index (χ4n) is 5.07. The molecule has 0 aromatic heterocycles. The number of carbonyl (C=O) groups is 3. The minimum absolute atomic E-state index is 0.108. The van der Waals surface area contributed by atoms with Crippen molar-refractivity contribution in [2.45, 2.75) is 118 Å². The average Bonchev–Trinajstić information content (AvgIpc) is 2.90. The Morgan fingerprint density at radius 2 is 1.60 bits per heavy atom. The number of benzene rings is 2. The van der Waals surface area contributed by atoms with Crippen LogP contribution in [0.15, 0.2) is 42.5 Å². The molecule has 0 heterocycles. The van der Waals surface area contributed by atoms with Crippen LogP contribution >= 0.6 is 11.6 Å². The van der Waals surface area contributed by atoms with Crippen LogP contribution in [0.25, 0.3) is 0 Å². The molecule has 0 aliphatic heterocycles. The molecule has 238 valence electrons. The number of rotatable bonds is 15. The third kappa shape index (κ3) is 12.2. The number of halogens is 1. The summed E-state index contributed by atoms with van der Waals surface area (Å²) in [6, 6.07) is 11.3. The fraction of sp³-hybridized carbons (Fsp3) is 0.571. The van der Waals surface area contributed by atoms with E-state index in [1.807, 2.05) is 64.1 Å². The molecule has 0 radical (unpaired) electrons. The van der Waals surface area contributed by atoms with E-state index in [1.54, 1.807) is 31.7 Å². The lowest BCUT2D eigenvalue weighted by atomic mass is 9.97. The number of anilines is 1. The molecule has 0 aliphatic carbocycles. The van der Waals surface area contributed by atoms with Gasteiger partial charge in [-0.3, -0.25) is 9.59 Å². The van der Waals surface area contributed by atoms with Crippen LogP contribution in [0.3, 0.4) is 0 Å². The standard InChI is InChI=1S/C35H52ClN3O4/c1-9-10-11-12-13-14-21-39(33(41)29(22-24(2)3)37-34(42)43-35(6,7)8)31(27-19-15-17-25(4)23-27)32(40)38-30-26(5)18-16-20-28(30)36/h15-20,23-24,29,31H,9-14,21-22H2,1-8H3,(H,37,42)(H,38,40). The largest absolute Gasteiger partial charge is 0.444 e. The number of hydrogen-bond donors (Lipinski definition) is 2. The van der Waals surface area contributed by atoms with Crippen LogP contribution in [-0.2, 0) is 14.3 Å². The molecule has 3 amide bonds. The first-order valence-corrected chi connectivity index (χ1v) is 16.0. The van der Waals surface area contributed by atoms with Gasteiger partial charge in [0.05, 0.1) is 10.7 Å². The maximum atomic E-state index is 14.5. The number of nitrogens with one attached hydrogen (secondary N) is 2. The summed E-state index contributed by atoms with van der Waals surface area (Å²) < 4.78 is 5.51. The lowest BCUT2D eigenvalue weighted by molar-refractivity contribution is -0.141. The van der Waals surface area contributed by atoms with E-state index in [-0.39, 0.29) is 17.7 Å². The normalized spacial score (nSPS) is 12.9. The number of unbranched alkanes of at least 4 members (excludes halogenated alkanes) is 5. The van der Waals surface area contributed by atoms with Gasteiger partial charge in [0, 0.05) is 6.54 Å². The second kappa shape index (κ2) is 17.3. The van der Waals surface area contributed by atoms with Gasteiger partial charge in [-0.15, -0.1) is 0 Å². The summed E-state index contributed by atoms with van der Waals surface area (Å²) in [6.45, 7) is 15.7. The highest BCUT2D eigenvalue weighted by molar-refractivity contribution is 6.34. The number of carbonyl (C=O) groups excluding carboxylic acids is 3. The van der Waals surface area contributed by atoms with Gasteiger partial charge in [-0.2, -0.15) is 0 Å². The summed E-state index contributed by atoms with van der Waals surface area (Å²) in [7, 11) is 0. The number of nitrogens with zero attached hydrogens (tertiary/aromatic N) is 1. The van der Waals surface area contributed by atoms with Crippen LogP contribution < -0.4 is 10.6 Å². The Morgan fingerprint density at radius 1 is 0.953 bits per heavy atom. The molecule has 2 aromatic rings.